The summed E-state index contributed by atoms with van der Waals surface area (Å²) in [6, 6.07) is 3.69. The van der Waals surface area contributed by atoms with Crippen LogP contribution in [0.2, 0.25) is 0 Å². The van der Waals surface area contributed by atoms with Crippen molar-refractivity contribution in [1.29, 1.82) is 0 Å². The van der Waals surface area contributed by atoms with Crippen molar-refractivity contribution in [3.63, 3.8) is 0 Å². The van der Waals surface area contributed by atoms with Gasteiger partial charge in [-0.15, -0.1) is 0 Å². The van der Waals surface area contributed by atoms with E-state index in [0.717, 1.165) is 18.5 Å². The van der Waals surface area contributed by atoms with Crippen molar-refractivity contribution in [3.05, 3.63) is 23.9 Å². The highest BCUT2D eigenvalue weighted by Gasteiger charge is 2.30. The number of imide groups is 1. The summed E-state index contributed by atoms with van der Waals surface area (Å²) in [7, 11) is 0. The van der Waals surface area contributed by atoms with Crippen LogP contribution in [0.15, 0.2) is 18.3 Å². The van der Waals surface area contributed by atoms with Crippen LogP contribution in [0.3, 0.4) is 0 Å². The summed E-state index contributed by atoms with van der Waals surface area (Å²) in [5.41, 5.74) is 1.09. The second kappa shape index (κ2) is 6.67. The van der Waals surface area contributed by atoms with E-state index in [-0.39, 0.29) is 24.4 Å². The van der Waals surface area contributed by atoms with Gasteiger partial charge in [-0.1, -0.05) is 13.0 Å². The van der Waals surface area contributed by atoms with E-state index in [4.69, 9.17) is 0 Å². The number of nitrogens with zero attached hydrogens (tertiary/aromatic N) is 2. The van der Waals surface area contributed by atoms with Gasteiger partial charge in [0.15, 0.2) is 0 Å². The summed E-state index contributed by atoms with van der Waals surface area (Å²) in [6.07, 6.45) is 2.88. The topological polar surface area (TPSA) is 74.3 Å². The van der Waals surface area contributed by atoms with Crippen LogP contribution in [-0.2, 0) is 9.59 Å². The predicted molar refractivity (Wildman–Crippen MR) is 80.9 cm³/mol. The molecule has 6 heteroatoms. The second-order valence-corrected chi connectivity index (χ2v) is 5.34. The summed E-state index contributed by atoms with van der Waals surface area (Å²) in [5, 5.41) is 5.72. The van der Waals surface area contributed by atoms with Gasteiger partial charge < -0.3 is 10.2 Å². The normalized spacial score (nSPS) is 20.3. The zero-order valence-corrected chi connectivity index (χ0v) is 12.7. The molecule has 2 N–H and O–H groups in total. The van der Waals surface area contributed by atoms with Crippen LogP contribution in [0, 0.1) is 0 Å². The average molecular weight is 290 g/mol. The lowest BCUT2D eigenvalue weighted by molar-refractivity contribution is -0.132. The second-order valence-electron chi connectivity index (χ2n) is 5.34. The first-order chi connectivity index (χ1) is 10.0. The Hall–Kier alpha value is -1.95. The van der Waals surface area contributed by atoms with Crippen LogP contribution < -0.4 is 15.5 Å². The highest BCUT2D eigenvalue weighted by Crippen LogP contribution is 2.19. The van der Waals surface area contributed by atoms with Crippen molar-refractivity contribution in [3.8, 4) is 0 Å². The standard InChI is InChI=1S/C15H22N4O2/c1-4-7-16-10(2)12-5-6-13(17-8-12)19-9-14(20)18-15(21)11(19)3/h5-6,8,10-11,16H,4,7,9H2,1-3H3,(H,18,20,21). The molecule has 2 unspecified atom stereocenters. The quantitative estimate of drug-likeness (QED) is 0.791. The molecule has 114 valence electrons. The van der Waals surface area contributed by atoms with E-state index in [0.29, 0.717) is 5.82 Å². The zero-order chi connectivity index (χ0) is 15.4. The number of anilines is 1. The Bertz CT molecular complexity index is 515. The molecule has 2 amide bonds. The zero-order valence-electron chi connectivity index (χ0n) is 12.7. The minimum atomic E-state index is -0.392. The maximum atomic E-state index is 11.7. The molecule has 0 aliphatic carbocycles. The fourth-order valence-electron chi connectivity index (χ4n) is 2.30. The van der Waals surface area contributed by atoms with Gasteiger partial charge in [0, 0.05) is 12.2 Å². The predicted octanol–water partition coefficient (Wildman–Crippen LogP) is 0.993. The molecule has 2 heterocycles. The van der Waals surface area contributed by atoms with Gasteiger partial charge in [0.05, 0.1) is 6.54 Å². The highest BCUT2D eigenvalue weighted by molar-refractivity contribution is 6.04. The van der Waals surface area contributed by atoms with Crippen molar-refractivity contribution in [2.45, 2.75) is 39.3 Å². The number of rotatable bonds is 5. The molecular weight excluding hydrogens is 268 g/mol. The van der Waals surface area contributed by atoms with Gasteiger partial charge in [0.1, 0.15) is 11.9 Å². The molecule has 0 saturated carbocycles. The summed E-state index contributed by atoms with van der Waals surface area (Å²) >= 11 is 0. The van der Waals surface area contributed by atoms with Gasteiger partial charge in [-0.2, -0.15) is 0 Å². The number of nitrogens with one attached hydrogen (secondary N) is 2. The minimum absolute atomic E-state index is 0.156. The molecule has 1 saturated heterocycles. The van der Waals surface area contributed by atoms with E-state index in [1.165, 1.54) is 0 Å². The molecule has 0 bridgehead atoms. The monoisotopic (exact) mass is 290 g/mol. The van der Waals surface area contributed by atoms with Crippen LogP contribution in [0.1, 0.15) is 38.8 Å². The Morgan fingerprint density at radius 2 is 2.24 bits per heavy atom. The third kappa shape index (κ3) is 3.58. The molecule has 0 aromatic carbocycles. The molecule has 0 radical (unpaired) electrons. The Morgan fingerprint density at radius 1 is 1.48 bits per heavy atom. The van der Waals surface area contributed by atoms with E-state index in [1.54, 1.807) is 18.0 Å². The lowest BCUT2D eigenvalue weighted by Crippen LogP contribution is -2.57. The first-order valence-electron chi connectivity index (χ1n) is 7.32. The third-order valence-electron chi connectivity index (χ3n) is 3.69. The maximum Gasteiger partial charge on any atom is 0.249 e. The first-order valence-corrected chi connectivity index (χ1v) is 7.32. The molecular formula is C15H22N4O2. The molecule has 1 aliphatic rings. The van der Waals surface area contributed by atoms with Crippen molar-refractivity contribution < 1.29 is 9.59 Å². The fraction of sp³-hybridized carbons (Fsp3) is 0.533. The van der Waals surface area contributed by atoms with E-state index in [1.807, 2.05) is 12.1 Å². The largest absolute Gasteiger partial charge is 0.336 e. The van der Waals surface area contributed by atoms with Crippen LogP contribution in [0.5, 0.6) is 0 Å². The van der Waals surface area contributed by atoms with Crippen LogP contribution >= 0.6 is 0 Å². The van der Waals surface area contributed by atoms with Crippen molar-refractivity contribution >= 4 is 17.6 Å². The molecule has 1 aromatic rings. The van der Waals surface area contributed by atoms with Crippen LogP contribution in [-0.4, -0.2) is 35.9 Å². The third-order valence-corrected chi connectivity index (χ3v) is 3.69. The van der Waals surface area contributed by atoms with Crippen LogP contribution in [0.4, 0.5) is 5.82 Å². The number of piperazine rings is 1. The SMILES string of the molecule is CCCNC(C)c1ccc(N2CC(=O)NC(=O)C2C)nc1. The Balaban J connectivity index is 2.11. The van der Waals surface area contributed by atoms with E-state index in [2.05, 4.69) is 29.5 Å². The lowest BCUT2D eigenvalue weighted by Gasteiger charge is -2.32. The molecule has 2 atom stereocenters. The van der Waals surface area contributed by atoms with E-state index < -0.39 is 6.04 Å². The molecule has 1 fully saturated rings. The first kappa shape index (κ1) is 15.4. The smallest absolute Gasteiger partial charge is 0.249 e. The molecule has 1 aromatic heterocycles. The van der Waals surface area contributed by atoms with Gasteiger partial charge >= 0.3 is 0 Å². The number of hydrogen-bond donors (Lipinski definition) is 2. The highest BCUT2D eigenvalue weighted by atomic mass is 16.2. The van der Waals surface area contributed by atoms with Crippen molar-refractivity contribution in [2.24, 2.45) is 0 Å². The van der Waals surface area contributed by atoms with Gasteiger partial charge in [0.25, 0.3) is 0 Å². The molecule has 2 rings (SSSR count). The number of amides is 2. The fourth-order valence-corrected chi connectivity index (χ4v) is 2.30. The number of hydrogen-bond acceptors (Lipinski definition) is 5. The van der Waals surface area contributed by atoms with Crippen molar-refractivity contribution in [1.82, 2.24) is 15.6 Å². The van der Waals surface area contributed by atoms with Gasteiger partial charge in [0.2, 0.25) is 11.8 Å². The minimum Gasteiger partial charge on any atom is -0.336 e. The summed E-state index contributed by atoms with van der Waals surface area (Å²) in [6.45, 7) is 7.10. The van der Waals surface area contributed by atoms with Gasteiger partial charge in [-0.05, 0) is 38.4 Å². The maximum absolute atomic E-state index is 11.7. The average Bonchev–Trinajstić information content (AvgIpc) is 2.48. The summed E-state index contributed by atoms with van der Waals surface area (Å²) in [5.74, 6) is 0.0780. The van der Waals surface area contributed by atoms with Gasteiger partial charge in [-0.25, -0.2) is 4.98 Å². The number of pyridine rings is 1. The number of carbonyl (C=O) groups excluding carboxylic acids is 2. The molecule has 21 heavy (non-hydrogen) atoms. The number of carbonyl (C=O) groups is 2. The Kier molecular flexibility index (Phi) is 4.90. The van der Waals surface area contributed by atoms with E-state index in [9.17, 15) is 9.59 Å². The molecule has 1 aliphatic heterocycles. The van der Waals surface area contributed by atoms with E-state index >= 15 is 0 Å². The molecule has 6 nitrogen and oxygen atoms in total. The van der Waals surface area contributed by atoms with Gasteiger partial charge in [-0.3, -0.25) is 14.9 Å². The summed E-state index contributed by atoms with van der Waals surface area (Å²) in [4.78, 5) is 29.3. The molecule has 0 spiro atoms. The van der Waals surface area contributed by atoms with Crippen molar-refractivity contribution in [2.75, 3.05) is 18.0 Å². The number of aromatic nitrogens is 1. The summed E-state index contributed by atoms with van der Waals surface area (Å²) < 4.78 is 0. The Morgan fingerprint density at radius 3 is 2.86 bits per heavy atom. The Labute approximate surface area is 124 Å². The lowest BCUT2D eigenvalue weighted by atomic mass is 10.1. The van der Waals surface area contributed by atoms with Crippen LogP contribution in [0.25, 0.3) is 0 Å².